The number of carbonyl (C=O) groups excluding carboxylic acids is 3. The van der Waals surface area contributed by atoms with Crippen LogP contribution in [0.2, 0.25) is 0 Å². The predicted octanol–water partition coefficient (Wildman–Crippen LogP) is 19.7. The molecule has 0 N–H and O–H groups in total. The van der Waals surface area contributed by atoms with Crippen LogP contribution in [0.25, 0.3) is 0 Å². The van der Waals surface area contributed by atoms with Gasteiger partial charge < -0.3 is 14.2 Å². The first-order chi connectivity index (χ1) is 34.5. The molecule has 0 aromatic carbocycles. The molecule has 0 saturated carbocycles. The lowest BCUT2D eigenvalue weighted by Crippen LogP contribution is -2.30. The lowest BCUT2D eigenvalue weighted by molar-refractivity contribution is -0.167. The van der Waals surface area contributed by atoms with Crippen molar-refractivity contribution in [3.05, 3.63) is 97.2 Å². The topological polar surface area (TPSA) is 78.9 Å². The van der Waals surface area contributed by atoms with E-state index < -0.39 is 6.10 Å². The number of unbranched alkanes of at least 4 members (excludes halogenated alkanes) is 25. The van der Waals surface area contributed by atoms with Crippen LogP contribution in [0.1, 0.15) is 271 Å². The van der Waals surface area contributed by atoms with Crippen molar-refractivity contribution in [1.29, 1.82) is 0 Å². The van der Waals surface area contributed by atoms with Gasteiger partial charge >= 0.3 is 17.9 Å². The van der Waals surface area contributed by atoms with Crippen molar-refractivity contribution in [2.75, 3.05) is 13.2 Å². The van der Waals surface area contributed by atoms with Gasteiger partial charge in [0.25, 0.3) is 0 Å². The second-order valence-electron chi connectivity index (χ2n) is 19.2. The molecule has 0 aromatic rings. The summed E-state index contributed by atoms with van der Waals surface area (Å²) >= 11 is 0. The molecule has 1 atom stereocenters. The zero-order chi connectivity index (χ0) is 50.7. The van der Waals surface area contributed by atoms with E-state index in [-0.39, 0.29) is 31.1 Å². The molecule has 0 spiro atoms. The minimum Gasteiger partial charge on any atom is -0.462 e. The van der Waals surface area contributed by atoms with Gasteiger partial charge in [0.05, 0.1) is 0 Å². The van der Waals surface area contributed by atoms with Gasteiger partial charge in [0.15, 0.2) is 6.10 Å². The highest BCUT2D eigenvalue weighted by Crippen LogP contribution is 2.15. The Morgan fingerprint density at radius 1 is 0.300 bits per heavy atom. The highest BCUT2D eigenvalue weighted by Gasteiger charge is 2.19. The van der Waals surface area contributed by atoms with Gasteiger partial charge in [-0.15, -0.1) is 0 Å². The van der Waals surface area contributed by atoms with Crippen molar-refractivity contribution in [2.45, 2.75) is 277 Å². The predicted molar refractivity (Wildman–Crippen MR) is 302 cm³/mol. The molecular formula is C64H108O6. The molecule has 0 amide bonds. The summed E-state index contributed by atoms with van der Waals surface area (Å²) in [6, 6.07) is 0. The van der Waals surface area contributed by atoms with Gasteiger partial charge in [0, 0.05) is 19.3 Å². The van der Waals surface area contributed by atoms with Crippen LogP contribution in [0.3, 0.4) is 0 Å². The van der Waals surface area contributed by atoms with Crippen molar-refractivity contribution in [1.82, 2.24) is 0 Å². The summed E-state index contributed by atoms with van der Waals surface area (Å²) in [6.45, 7) is 6.48. The van der Waals surface area contributed by atoms with Crippen LogP contribution in [0.5, 0.6) is 0 Å². The quantitative estimate of drug-likeness (QED) is 0.0262. The Kier molecular flexibility index (Phi) is 54.9. The van der Waals surface area contributed by atoms with Crippen molar-refractivity contribution in [2.24, 2.45) is 0 Å². The number of hydrogen-bond donors (Lipinski definition) is 0. The molecule has 6 heteroatoms. The SMILES string of the molecule is CC/C=C\C/C=C\C/C=C\C/C=C\C/C=C\C/C=C\CCCCC(=O)OCC(COC(=O)CCCCCCCCCCCCCCC)OC(=O)CCCCCCCCC/C=C\C/C=C\CCCCCC. The van der Waals surface area contributed by atoms with Crippen LogP contribution in [-0.2, 0) is 28.6 Å². The third-order valence-electron chi connectivity index (χ3n) is 12.3. The van der Waals surface area contributed by atoms with Crippen LogP contribution in [0, 0.1) is 0 Å². The van der Waals surface area contributed by atoms with Gasteiger partial charge in [-0.05, 0) is 103 Å². The Balaban J connectivity index is 4.46. The van der Waals surface area contributed by atoms with Gasteiger partial charge in [-0.3, -0.25) is 14.4 Å². The van der Waals surface area contributed by atoms with Crippen LogP contribution in [-0.4, -0.2) is 37.2 Å². The summed E-state index contributed by atoms with van der Waals surface area (Å²) in [4.78, 5) is 38.2. The number of hydrogen-bond acceptors (Lipinski definition) is 6. The van der Waals surface area contributed by atoms with Gasteiger partial charge in [-0.2, -0.15) is 0 Å². The van der Waals surface area contributed by atoms with Crippen LogP contribution in [0.15, 0.2) is 97.2 Å². The average Bonchev–Trinajstić information content (AvgIpc) is 3.36. The van der Waals surface area contributed by atoms with Crippen molar-refractivity contribution < 1.29 is 28.6 Å². The number of ether oxygens (including phenoxy) is 3. The third-order valence-corrected chi connectivity index (χ3v) is 12.3. The van der Waals surface area contributed by atoms with Crippen molar-refractivity contribution in [3.8, 4) is 0 Å². The summed E-state index contributed by atoms with van der Waals surface area (Å²) in [5.41, 5.74) is 0. The molecule has 6 nitrogen and oxygen atoms in total. The van der Waals surface area contributed by atoms with E-state index in [1.807, 2.05) is 0 Å². The van der Waals surface area contributed by atoms with Crippen molar-refractivity contribution in [3.63, 3.8) is 0 Å². The molecular weight excluding hydrogens is 865 g/mol. The fraction of sp³-hybridized carbons (Fsp3) is 0.703. The van der Waals surface area contributed by atoms with Gasteiger partial charge in [-0.25, -0.2) is 0 Å². The highest BCUT2D eigenvalue weighted by atomic mass is 16.6. The largest absolute Gasteiger partial charge is 0.462 e. The first-order valence-electron chi connectivity index (χ1n) is 29.2. The molecule has 0 aliphatic heterocycles. The Morgan fingerprint density at radius 3 is 0.914 bits per heavy atom. The molecule has 0 aliphatic carbocycles. The van der Waals surface area contributed by atoms with E-state index in [2.05, 4.69) is 118 Å². The molecule has 1 unspecified atom stereocenters. The Labute approximate surface area is 432 Å². The number of allylic oxidation sites excluding steroid dienone is 16. The maximum absolute atomic E-state index is 12.9. The Morgan fingerprint density at radius 2 is 0.557 bits per heavy atom. The van der Waals surface area contributed by atoms with Crippen molar-refractivity contribution >= 4 is 17.9 Å². The molecule has 70 heavy (non-hydrogen) atoms. The average molecular weight is 974 g/mol. The van der Waals surface area contributed by atoms with E-state index in [0.717, 1.165) is 109 Å². The zero-order valence-electron chi connectivity index (χ0n) is 45.8. The van der Waals surface area contributed by atoms with Crippen LogP contribution < -0.4 is 0 Å². The molecule has 0 saturated heterocycles. The van der Waals surface area contributed by atoms with E-state index in [1.165, 1.54) is 122 Å². The minimum atomic E-state index is -0.799. The fourth-order valence-corrected chi connectivity index (χ4v) is 7.95. The smallest absolute Gasteiger partial charge is 0.306 e. The zero-order valence-corrected chi connectivity index (χ0v) is 45.8. The van der Waals surface area contributed by atoms with Gasteiger partial charge in [0.1, 0.15) is 13.2 Å². The summed E-state index contributed by atoms with van der Waals surface area (Å²) in [7, 11) is 0. The van der Waals surface area contributed by atoms with E-state index in [4.69, 9.17) is 14.2 Å². The summed E-state index contributed by atoms with van der Waals surface area (Å²) in [5, 5.41) is 0. The van der Waals surface area contributed by atoms with E-state index >= 15 is 0 Å². The number of rotatable bonds is 52. The first-order valence-corrected chi connectivity index (χ1v) is 29.2. The molecule has 0 bridgehead atoms. The summed E-state index contributed by atoms with van der Waals surface area (Å²) < 4.78 is 16.8. The fourth-order valence-electron chi connectivity index (χ4n) is 7.95. The second-order valence-corrected chi connectivity index (χ2v) is 19.2. The minimum absolute atomic E-state index is 0.0933. The summed E-state index contributed by atoms with van der Waals surface area (Å²) in [6.07, 6.45) is 76.8. The second kappa shape index (κ2) is 57.9. The maximum atomic E-state index is 12.9. The van der Waals surface area contributed by atoms with Gasteiger partial charge in [0.2, 0.25) is 0 Å². The lowest BCUT2D eigenvalue weighted by atomic mass is 10.0. The Bertz CT molecular complexity index is 1400. The van der Waals surface area contributed by atoms with E-state index in [9.17, 15) is 14.4 Å². The van der Waals surface area contributed by atoms with E-state index in [1.54, 1.807) is 0 Å². The monoisotopic (exact) mass is 973 g/mol. The molecule has 0 heterocycles. The highest BCUT2D eigenvalue weighted by molar-refractivity contribution is 5.71. The normalized spacial score (nSPS) is 12.8. The van der Waals surface area contributed by atoms with Crippen LogP contribution in [0.4, 0.5) is 0 Å². The molecule has 0 fully saturated rings. The molecule has 400 valence electrons. The summed E-state index contributed by atoms with van der Waals surface area (Å²) in [5.74, 6) is -0.941. The third kappa shape index (κ3) is 55.3. The maximum Gasteiger partial charge on any atom is 0.306 e. The molecule has 0 aromatic heterocycles. The molecule has 0 rings (SSSR count). The Hall–Kier alpha value is -3.67. The van der Waals surface area contributed by atoms with Gasteiger partial charge in [-0.1, -0.05) is 246 Å². The first kappa shape index (κ1) is 66.3. The number of esters is 3. The number of carbonyl (C=O) groups is 3. The standard InChI is InChI=1S/C64H108O6/c1-4-7-10-13-16-19-22-25-27-29-31-32-33-35-36-39-42-45-48-51-54-57-63(66)69-60-61(59-68-62(65)56-53-50-47-44-41-38-24-21-18-15-12-9-6-3)70-64(67)58-55-52-49-46-43-40-37-34-30-28-26-23-20-17-14-11-8-5-2/h7,10,16,19-20,23,25,27-28,30-32,35-36,42,45,61H,4-6,8-9,11-15,17-18,21-22,24,26,29,33-34,37-41,43-44,46-60H2,1-3H3/b10-7-,19-16-,23-20-,27-25-,30-28-,32-31-,36-35-,45-42-. The molecule has 0 aliphatic rings. The van der Waals surface area contributed by atoms with Crippen LogP contribution >= 0.6 is 0 Å². The van der Waals surface area contributed by atoms with E-state index in [0.29, 0.717) is 19.3 Å². The molecule has 0 radical (unpaired) electrons. The lowest BCUT2D eigenvalue weighted by Gasteiger charge is -2.18.